The van der Waals surface area contributed by atoms with Crippen LogP contribution in [0.4, 0.5) is 0 Å². The average Bonchev–Trinajstić information content (AvgIpc) is 3.35. The van der Waals surface area contributed by atoms with Gasteiger partial charge in [0.15, 0.2) is 0 Å². The van der Waals surface area contributed by atoms with Gasteiger partial charge in [0.05, 0.1) is 17.1 Å². The second-order valence-electron chi connectivity index (χ2n) is 12.6. The molecular formula is C43H30N2. The number of hydrogen-bond donors (Lipinski definition) is 0. The first-order valence-electron chi connectivity index (χ1n) is 15.6. The van der Waals surface area contributed by atoms with Gasteiger partial charge in [-0.15, -0.1) is 0 Å². The lowest BCUT2D eigenvalue weighted by atomic mass is 9.78. The van der Waals surface area contributed by atoms with Crippen molar-refractivity contribution in [2.45, 2.75) is 19.3 Å². The van der Waals surface area contributed by atoms with E-state index >= 15 is 0 Å². The molecule has 2 heterocycles. The smallest absolute Gasteiger partial charge is 0.0893 e. The van der Waals surface area contributed by atoms with Gasteiger partial charge in [-0.25, -0.2) is 4.98 Å². The highest BCUT2D eigenvalue weighted by molar-refractivity contribution is 6.22. The van der Waals surface area contributed by atoms with Crippen molar-refractivity contribution in [2.24, 2.45) is 0 Å². The number of rotatable bonds is 3. The molecule has 8 aromatic rings. The fourth-order valence-corrected chi connectivity index (χ4v) is 7.63. The topological polar surface area (TPSA) is 25.8 Å². The fraction of sp³-hybridized carbons (Fsp3) is 0.0698. The van der Waals surface area contributed by atoms with Crippen molar-refractivity contribution in [3.63, 3.8) is 0 Å². The van der Waals surface area contributed by atoms with Crippen molar-refractivity contribution in [3.05, 3.63) is 157 Å². The molecule has 0 spiro atoms. The van der Waals surface area contributed by atoms with Crippen LogP contribution in [-0.4, -0.2) is 9.97 Å². The van der Waals surface area contributed by atoms with E-state index in [1.54, 1.807) is 0 Å². The summed E-state index contributed by atoms with van der Waals surface area (Å²) < 4.78 is 0. The maximum Gasteiger partial charge on any atom is 0.0893 e. The summed E-state index contributed by atoms with van der Waals surface area (Å²) in [4.78, 5) is 9.43. The van der Waals surface area contributed by atoms with Gasteiger partial charge in [0.1, 0.15) is 0 Å². The predicted octanol–water partition coefficient (Wildman–Crippen LogP) is 11.2. The van der Waals surface area contributed by atoms with E-state index in [0.717, 1.165) is 22.6 Å². The molecule has 2 heteroatoms. The molecule has 0 saturated heterocycles. The minimum absolute atomic E-state index is 0.164. The lowest BCUT2D eigenvalue weighted by molar-refractivity contribution is 0.667. The van der Waals surface area contributed by atoms with Gasteiger partial charge >= 0.3 is 0 Å². The summed E-state index contributed by atoms with van der Waals surface area (Å²) >= 11 is 0. The zero-order valence-corrected chi connectivity index (χ0v) is 25.3. The Hall–Kier alpha value is -5.60. The molecule has 0 aliphatic heterocycles. The van der Waals surface area contributed by atoms with Crippen molar-refractivity contribution in [2.75, 3.05) is 0 Å². The van der Waals surface area contributed by atoms with E-state index in [2.05, 4.69) is 134 Å². The summed E-state index contributed by atoms with van der Waals surface area (Å²) in [5.74, 6) is 0. The molecule has 0 saturated carbocycles. The average molecular weight is 575 g/mol. The first-order valence-corrected chi connectivity index (χ1v) is 15.6. The van der Waals surface area contributed by atoms with Gasteiger partial charge in [0.25, 0.3) is 0 Å². The number of nitrogens with zero attached hydrogens (tertiary/aromatic N) is 2. The van der Waals surface area contributed by atoms with Crippen molar-refractivity contribution in [1.29, 1.82) is 0 Å². The van der Waals surface area contributed by atoms with Gasteiger partial charge in [-0.2, -0.15) is 0 Å². The van der Waals surface area contributed by atoms with E-state index in [9.17, 15) is 0 Å². The Morgan fingerprint density at radius 2 is 1.00 bits per heavy atom. The van der Waals surface area contributed by atoms with E-state index < -0.39 is 0 Å². The van der Waals surface area contributed by atoms with Crippen LogP contribution in [0, 0.1) is 0 Å². The summed E-state index contributed by atoms with van der Waals surface area (Å²) in [6, 6.07) is 50.3. The molecule has 0 unspecified atom stereocenters. The molecule has 212 valence electrons. The minimum atomic E-state index is -0.164. The van der Waals surface area contributed by atoms with Gasteiger partial charge in [0.2, 0.25) is 0 Å². The molecule has 0 bridgehead atoms. The Morgan fingerprint density at radius 3 is 1.71 bits per heavy atom. The predicted molar refractivity (Wildman–Crippen MR) is 188 cm³/mol. The fourth-order valence-electron chi connectivity index (χ4n) is 7.63. The highest BCUT2D eigenvalue weighted by Gasteiger charge is 2.40. The standard InChI is InChI=1S/C43H30N2/c1-43(2)36-26-35(27-21-23-28(24-22-27)37-19-11-20-39(45-37)38-18-9-10-25-44-38)31-14-4-6-15-32(31)40(36)41-33-16-7-3-12-29(33)30-13-5-8-17-34(30)42(41)43/h3-26H,1-2H3. The van der Waals surface area contributed by atoms with E-state index in [0.29, 0.717) is 0 Å². The Morgan fingerprint density at radius 1 is 0.444 bits per heavy atom. The highest BCUT2D eigenvalue weighted by atomic mass is 14.8. The Bertz CT molecular complexity index is 2440. The van der Waals surface area contributed by atoms with Gasteiger partial charge < -0.3 is 0 Å². The van der Waals surface area contributed by atoms with Gasteiger partial charge in [-0.3, -0.25) is 4.98 Å². The van der Waals surface area contributed by atoms with Crippen LogP contribution < -0.4 is 0 Å². The van der Waals surface area contributed by atoms with Crippen LogP contribution >= 0.6 is 0 Å². The lowest BCUT2D eigenvalue weighted by Crippen LogP contribution is -2.16. The second kappa shape index (κ2) is 9.70. The van der Waals surface area contributed by atoms with E-state index in [1.165, 1.54) is 65.7 Å². The first kappa shape index (κ1) is 25.9. The molecule has 2 aromatic heterocycles. The van der Waals surface area contributed by atoms with Crippen molar-refractivity contribution >= 4 is 32.3 Å². The molecule has 0 radical (unpaired) electrons. The van der Waals surface area contributed by atoms with E-state index in [-0.39, 0.29) is 5.41 Å². The van der Waals surface area contributed by atoms with Crippen LogP contribution in [0.3, 0.4) is 0 Å². The van der Waals surface area contributed by atoms with Crippen molar-refractivity contribution in [1.82, 2.24) is 9.97 Å². The molecule has 1 aliphatic rings. The first-order chi connectivity index (χ1) is 22.1. The molecule has 6 aromatic carbocycles. The number of hydrogen-bond acceptors (Lipinski definition) is 2. The molecule has 0 atom stereocenters. The molecule has 0 fully saturated rings. The maximum atomic E-state index is 4.94. The Balaban J connectivity index is 1.24. The lowest BCUT2D eigenvalue weighted by Gasteiger charge is -2.25. The minimum Gasteiger partial charge on any atom is -0.255 e. The summed E-state index contributed by atoms with van der Waals surface area (Å²) in [5.41, 5.74) is 11.7. The summed E-state index contributed by atoms with van der Waals surface area (Å²) in [6.45, 7) is 4.81. The zero-order chi connectivity index (χ0) is 30.1. The van der Waals surface area contributed by atoms with Gasteiger partial charge in [-0.1, -0.05) is 123 Å². The second-order valence-corrected chi connectivity index (χ2v) is 12.6. The third kappa shape index (κ3) is 3.82. The Kier molecular flexibility index (Phi) is 5.58. The van der Waals surface area contributed by atoms with Crippen molar-refractivity contribution in [3.8, 4) is 44.9 Å². The third-order valence-corrected chi connectivity index (χ3v) is 9.69. The molecule has 9 rings (SSSR count). The molecule has 1 aliphatic carbocycles. The quantitative estimate of drug-likeness (QED) is 0.196. The SMILES string of the molecule is CC1(C)c2cc(-c3ccc(-c4cccc(-c5ccccn5)n4)cc3)c3ccccc3c2-c2c1c1ccccc1c1ccccc21. The largest absolute Gasteiger partial charge is 0.255 e. The third-order valence-electron chi connectivity index (χ3n) is 9.69. The van der Waals surface area contributed by atoms with E-state index in [1.807, 2.05) is 30.5 Å². The maximum absolute atomic E-state index is 4.94. The number of pyridine rings is 2. The normalized spacial score (nSPS) is 13.3. The van der Waals surface area contributed by atoms with Crippen LogP contribution in [0.2, 0.25) is 0 Å². The Labute approximate surface area is 262 Å². The summed E-state index contributed by atoms with van der Waals surface area (Å²) in [5, 5.41) is 7.92. The van der Waals surface area contributed by atoms with Gasteiger partial charge in [-0.05, 0) is 96.0 Å². The number of benzene rings is 6. The van der Waals surface area contributed by atoms with Gasteiger partial charge in [0, 0.05) is 17.2 Å². The molecule has 45 heavy (non-hydrogen) atoms. The molecular weight excluding hydrogens is 544 g/mol. The molecule has 0 N–H and O–H groups in total. The van der Waals surface area contributed by atoms with Crippen LogP contribution in [0.5, 0.6) is 0 Å². The van der Waals surface area contributed by atoms with E-state index in [4.69, 9.17) is 4.98 Å². The summed E-state index contributed by atoms with van der Waals surface area (Å²) in [6.07, 6.45) is 1.81. The molecule has 0 amide bonds. The number of fused-ring (bicyclic) bond motifs is 10. The van der Waals surface area contributed by atoms with Crippen LogP contribution in [-0.2, 0) is 5.41 Å². The summed E-state index contributed by atoms with van der Waals surface area (Å²) in [7, 11) is 0. The highest BCUT2D eigenvalue weighted by Crippen LogP contribution is 2.57. The van der Waals surface area contributed by atoms with Crippen LogP contribution in [0.1, 0.15) is 25.0 Å². The zero-order valence-electron chi connectivity index (χ0n) is 25.3. The molecule has 2 nitrogen and oxygen atoms in total. The monoisotopic (exact) mass is 574 g/mol. The number of aromatic nitrogens is 2. The van der Waals surface area contributed by atoms with Crippen LogP contribution in [0.15, 0.2) is 146 Å². The van der Waals surface area contributed by atoms with Crippen molar-refractivity contribution < 1.29 is 0 Å². The van der Waals surface area contributed by atoms with Crippen LogP contribution in [0.25, 0.3) is 77.2 Å².